The standard InChI is InChI=1S/2C27H40N6O/c1-20(2)32-16-11-22(12-17-32)28-26-23-19-25(34-5)21(10-6-7-13-31(3)4)18-24(23)29-27(30-26)33-14-8-9-15-33;1-19(2)23-17-21(11-12-28-23)29-26-22-18-25(34-5)20(10-6-7-13-32(3)4)16-24(22)30-27(31-26)33-14-8-9-15-33/h18-20,22H,7-9,11-17H2,1-5H3,(H,28,29,30);16,18-19,21,23,28H,7-9,11-15,17H2,1-5H3,(H,29,30,31). The van der Waals surface area contributed by atoms with Gasteiger partial charge in [-0.3, -0.25) is 0 Å². The van der Waals surface area contributed by atoms with Crippen molar-refractivity contribution in [3.8, 4) is 35.2 Å². The molecule has 4 fully saturated rings. The molecule has 68 heavy (non-hydrogen) atoms. The second-order valence-corrected chi connectivity index (χ2v) is 20.2. The summed E-state index contributed by atoms with van der Waals surface area (Å²) in [5.74, 6) is 18.8. The van der Waals surface area contributed by atoms with Gasteiger partial charge in [-0.05, 0) is 130 Å². The van der Waals surface area contributed by atoms with Crippen molar-refractivity contribution in [3.05, 3.63) is 35.4 Å². The molecule has 0 aliphatic carbocycles. The van der Waals surface area contributed by atoms with Gasteiger partial charge >= 0.3 is 0 Å². The molecule has 2 aromatic carbocycles. The molecule has 14 heteroatoms. The van der Waals surface area contributed by atoms with Crippen molar-refractivity contribution in [3.63, 3.8) is 0 Å². The Balaban J connectivity index is 0.000000201. The van der Waals surface area contributed by atoms with E-state index in [4.69, 9.17) is 29.4 Å². The molecule has 4 aliphatic heterocycles. The molecule has 3 N–H and O–H groups in total. The van der Waals surface area contributed by atoms with Gasteiger partial charge in [0.25, 0.3) is 0 Å². The first-order valence-electron chi connectivity index (χ1n) is 25.5. The predicted molar refractivity (Wildman–Crippen MR) is 282 cm³/mol. The third-order valence-electron chi connectivity index (χ3n) is 13.8. The van der Waals surface area contributed by atoms with Gasteiger partial charge in [-0.1, -0.05) is 37.5 Å². The fourth-order valence-corrected chi connectivity index (χ4v) is 9.57. The molecule has 2 unspecified atom stereocenters. The first-order chi connectivity index (χ1) is 32.9. The van der Waals surface area contributed by atoms with E-state index < -0.39 is 0 Å². The molecule has 0 amide bonds. The molecule has 368 valence electrons. The van der Waals surface area contributed by atoms with Gasteiger partial charge in [-0.2, -0.15) is 9.97 Å². The van der Waals surface area contributed by atoms with E-state index in [0.29, 0.717) is 30.1 Å². The number of methoxy groups -OCH3 is 2. The van der Waals surface area contributed by atoms with Crippen LogP contribution in [0.5, 0.6) is 11.5 Å². The minimum absolute atomic E-state index is 0.384. The van der Waals surface area contributed by atoms with Crippen LogP contribution in [0.4, 0.5) is 23.5 Å². The fourth-order valence-electron chi connectivity index (χ4n) is 9.57. The normalized spacial score (nSPS) is 19.0. The zero-order valence-electron chi connectivity index (χ0n) is 43.0. The van der Waals surface area contributed by atoms with Gasteiger partial charge in [0.05, 0.1) is 36.4 Å². The van der Waals surface area contributed by atoms with Crippen molar-refractivity contribution in [1.82, 2.24) is 40.0 Å². The molecule has 2 aromatic heterocycles. The average Bonchev–Trinajstić information content (AvgIpc) is 4.08. The largest absolute Gasteiger partial charge is 0.495 e. The number of likely N-dealkylation sites (tertiary alicyclic amines) is 1. The van der Waals surface area contributed by atoms with Gasteiger partial charge in [0, 0.05) is 100 Å². The van der Waals surface area contributed by atoms with Crippen LogP contribution in [0.1, 0.15) is 103 Å². The number of fused-ring (bicyclic) bond motifs is 2. The number of hydrogen-bond acceptors (Lipinski definition) is 14. The summed E-state index contributed by atoms with van der Waals surface area (Å²) in [7, 11) is 11.7. The predicted octanol–water partition coefficient (Wildman–Crippen LogP) is 7.56. The van der Waals surface area contributed by atoms with Gasteiger partial charge < -0.3 is 49.9 Å². The van der Waals surface area contributed by atoms with Gasteiger partial charge in [-0.15, -0.1) is 0 Å². The lowest BCUT2D eigenvalue weighted by Gasteiger charge is -2.35. The maximum absolute atomic E-state index is 5.74. The van der Waals surface area contributed by atoms with Gasteiger partial charge in [0.1, 0.15) is 23.1 Å². The van der Waals surface area contributed by atoms with Crippen LogP contribution in [0, 0.1) is 29.6 Å². The summed E-state index contributed by atoms with van der Waals surface area (Å²) < 4.78 is 11.5. The van der Waals surface area contributed by atoms with E-state index in [2.05, 4.69) is 144 Å². The molecule has 4 saturated heterocycles. The number of anilines is 4. The molecule has 6 heterocycles. The molecule has 14 nitrogen and oxygen atoms in total. The highest BCUT2D eigenvalue weighted by atomic mass is 16.5. The maximum atomic E-state index is 5.74. The van der Waals surface area contributed by atoms with E-state index in [1.54, 1.807) is 14.2 Å². The van der Waals surface area contributed by atoms with Crippen LogP contribution >= 0.6 is 0 Å². The Bertz CT molecular complexity index is 2400. The quantitative estimate of drug-likeness (QED) is 0.108. The number of piperidine rings is 2. The van der Waals surface area contributed by atoms with Crippen molar-refractivity contribution in [2.45, 2.75) is 116 Å². The highest BCUT2D eigenvalue weighted by molar-refractivity contribution is 5.94. The molecular weight excluding hydrogens is 849 g/mol. The van der Waals surface area contributed by atoms with E-state index in [-0.39, 0.29) is 0 Å². The molecular formula is C54H80N12O2. The van der Waals surface area contributed by atoms with Gasteiger partial charge in [0.2, 0.25) is 11.9 Å². The maximum Gasteiger partial charge on any atom is 0.227 e. The summed E-state index contributed by atoms with van der Waals surface area (Å²) in [4.78, 5) is 31.5. The summed E-state index contributed by atoms with van der Waals surface area (Å²) in [6.07, 6.45) is 10.8. The first kappa shape index (κ1) is 50.7. The van der Waals surface area contributed by atoms with Crippen LogP contribution < -0.4 is 35.2 Å². The SMILES string of the molecule is COc1cc2c(NC3CCN(C(C)C)CC3)nc(N3CCCC3)nc2cc1C#CCCN(C)C.COc1cc2c(NC3CCNC(C(C)C)C3)nc(N3CCCC3)nc2cc1C#CCCN(C)C. The van der Waals surface area contributed by atoms with Gasteiger partial charge in [0.15, 0.2) is 0 Å². The van der Waals surface area contributed by atoms with E-state index in [0.717, 1.165) is 165 Å². The Morgan fingerprint density at radius 2 is 1.12 bits per heavy atom. The summed E-state index contributed by atoms with van der Waals surface area (Å²) in [5.41, 5.74) is 3.62. The monoisotopic (exact) mass is 929 g/mol. The number of nitrogens with one attached hydrogen (secondary N) is 3. The fraction of sp³-hybridized carbons (Fsp3) is 0.630. The number of nitrogens with zero attached hydrogens (tertiary/aromatic N) is 9. The lowest BCUT2D eigenvalue weighted by Crippen LogP contribution is -2.45. The third kappa shape index (κ3) is 13.6. The van der Waals surface area contributed by atoms with E-state index in [9.17, 15) is 0 Å². The van der Waals surface area contributed by atoms with Crippen LogP contribution in [0.2, 0.25) is 0 Å². The zero-order chi connectivity index (χ0) is 48.2. The Hall–Kier alpha value is -5.12. The van der Waals surface area contributed by atoms with E-state index in [1.165, 1.54) is 25.7 Å². The average molecular weight is 929 g/mol. The van der Waals surface area contributed by atoms with Crippen LogP contribution in [-0.4, -0.2) is 160 Å². The molecule has 0 bridgehead atoms. The third-order valence-corrected chi connectivity index (χ3v) is 13.8. The van der Waals surface area contributed by atoms with E-state index in [1.807, 2.05) is 0 Å². The molecule has 0 saturated carbocycles. The second kappa shape index (κ2) is 24.4. The van der Waals surface area contributed by atoms with Crippen molar-refractivity contribution < 1.29 is 9.47 Å². The Labute approximate surface area is 407 Å². The summed E-state index contributed by atoms with van der Waals surface area (Å²) in [6, 6.07) is 10.2. The highest BCUT2D eigenvalue weighted by Crippen LogP contribution is 2.34. The van der Waals surface area contributed by atoms with Crippen LogP contribution in [0.25, 0.3) is 21.8 Å². The molecule has 2 atom stereocenters. The smallest absolute Gasteiger partial charge is 0.227 e. The number of hydrogen-bond donors (Lipinski definition) is 3. The second-order valence-electron chi connectivity index (χ2n) is 20.2. The molecule has 8 rings (SSSR count). The number of benzene rings is 2. The van der Waals surface area contributed by atoms with Crippen molar-refractivity contribution in [2.75, 3.05) is 122 Å². The van der Waals surface area contributed by atoms with Crippen molar-refractivity contribution in [1.29, 1.82) is 0 Å². The van der Waals surface area contributed by atoms with Crippen molar-refractivity contribution >= 4 is 45.3 Å². The lowest BCUT2D eigenvalue weighted by molar-refractivity contribution is 0.177. The molecule has 0 radical (unpaired) electrons. The molecule has 4 aliphatic rings. The van der Waals surface area contributed by atoms with Crippen LogP contribution in [0.3, 0.4) is 0 Å². The molecule has 4 aromatic rings. The summed E-state index contributed by atoms with van der Waals surface area (Å²) in [5, 5.41) is 13.2. The minimum atomic E-state index is 0.384. The van der Waals surface area contributed by atoms with Crippen molar-refractivity contribution in [2.24, 2.45) is 5.92 Å². The van der Waals surface area contributed by atoms with Crippen LogP contribution in [-0.2, 0) is 0 Å². The Morgan fingerprint density at radius 1 is 0.647 bits per heavy atom. The summed E-state index contributed by atoms with van der Waals surface area (Å²) in [6.45, 7) is 18.3. The van der Waals surface area contributed by atoms with E-state index >= 15 is 0 Å². The Morgan fingerprint density at radius 3 is 1.54 bits per heavy atom. The highest BCUT2D eigenvalue weighted by Gasteiger charge is 2.27. The Kier molecular flexibility index (Phi) is 18.2. The molecule has 0 spiro atoms. The van der Waals surface area contributed by atoms with Crippen LogP contribution in [0.15, 0.2) is 24.3 Å². The van der Waals surface area contributed by atoms with Gasteiger partial charge in [-0.25, -0.2) is 9.97 Å². The first-order valence-corrected chi connectivity index (χ1v) is 25.5. The zero-order valence-corrected chi connectivity index (χ0v) is 43.0. The number of aromatic nitrogens is 4. The lowest BCUT2D eigenvalue weighted by atomic mass is 9.91. The topological polar surface area (TPSA) is 122 Å². The number of rotatable bonds is 14. The minimum Gasteiger partial charge on any atom is -0.495 e. The summed E-state index contributed by atoms with van der Waals surface area (Å²) >= 11 is 0. The number of ether oxygens (including phenoxy) is 2.